The molecule has 4 nitrogen and oxygen atoms in total. The van der Waals surface area contributed by atoms with Crippen molar-refractivity contribution in [3.63, 3.8) is 0 Å². The number of allylic oxidation sites excluding steroid dienone is 4. The van der Waals surface area contributed by atoms with E-state index < -0.39 is 12.6 Å². The van der Waals surface area contributed by atoms with Crippen molar-refractivity contribution >= 4 is 37.7 Å². The van der Waals surface area contributed by atoms with Gasteiger partial charge in [-0.15, -0.1) is 0 Å². The normalized spacial score (nSPS) is 25.5. The smallest absolute Gasteiger partial charge is 0.818 e. The van der Waals surface area contributed by atoms with Crippen molar-refractivity contribution < 1.29 is 19.7 Å². The maximum atomic E-state index is 10.2. The fourth-order valence-corrected chi connectivity index (χ4v) is 0.737. The molecule has 0 radical (unpaired) electrons. The second-order valence-corrected chi connectivity index (χ2v) is 2.44. The monoisotopic (exact) mass is 234 g/mol. The Bertz CT molecular complexity index is 243. The molecule has 2 unspecified atom stereocenters. The molecule has 0 saturated heterocycles. The van der Waals surface area contributed by atoms with Crippen LogP contribution in [0.2, 0.25) is 0 Å². The van der Waals surface area contributed by atoms with E-state index in [2.05, 4.69) is 9.47 Å². The minimum Gasteiger partial charge on any atom is -0.818 e. The Kier molecular flexibility index (Phi) is 8.85. The Morgan fingerprint density at radius 3 is 1.27 bits per heavy atom. The predicted octanol–water partition coefficient (Wildman–Crippen LogP) is -0.835. The van der Waals surface area contributed by atoms with Crippen molar-refractivity contribution in [3.05, 3.63) is 49.0 Å². The van der Waals surface area contributed by atoms with E-state index in [1.54, 1.807) is 24.3 Å². The minimum absolute atomic E-state index is 0. The van der Waals surface area contributed by atoms with Crippen molar-refractivity contribution in [1.82, 2.24) is 0 Å². The van der Waals surface area contributed by atoms with Gasteiger partial charge in [-0.05, 0) is 12.2 Å². The van der Waals surface area contributed by atoms with E-state index in [4.69, 9.17) is 0 Å². The molecular formula is C10H10CaO4. The molecule has 0 fully saturated rings. The number of ether oxygens (including phenoxy) is 2. The Morgan fingerprint density at radius 1 is 0.733 bits per heavy atom. The summed E-state index contributed by atoms with van der Waals surface area (Å²) in [7, 11) is 0. The van der Waals surface area contributed by atoms with E-state index >= 15 is 0 Å². The molecule has 0 aromatic heterocycles. The molecule has 0 spiro atoms. The van der Waals surface area contributed by atoms with Crippen LogP contribution in [-0.4, -0.2) is 50.3 Å². The largest absolute Gasteiger partial charge is 2.00 e. The van der Waals surface area contributed by atoms with Crippen molar-refractivity contribution in [2.24, 2.45) is 0 Å². The molecule has 0 saturated carbocycles. The zero-order valence-electron chi connectivity index (χ0n) is 8.11. The van der Waals surface area contributed by atoms with Gasteiger partial charge in [0.2, 0.25) is 0 Å². The maximum Gasteiger partial charge on any atom is 2.00 e. The van der Waals surface area contributed by atoms with E-state index in [1.165, 1.54) is 24.7 Å². The van der Waals surface area contributed by atoms with E-state index in [0.29, 0.717) is 0 Å². The van der Waals surface area contributed by atoms with E-state index in [9.17, 15) is 10.2 Å². The van der Waals surface area contributed by atoms with Gasteiger partial charge < -0.3 is 19.7 Å². The molecule has 2 heterocycles. The van der Waals surface area contributed by atoms with Crippen LogP contribution < -0.4 is 10.2 Å². The molecular weight excluding hydrogens is 224 g/mol. The molecule has 2 aliphatic heterocycles. The van der Waals surface area contributed by atoms with Crippen LogP contribution >= 0.6 is 0 Å². The number of rotatable bonds is 0. The first-order valence-corrected chi connectivity index (χ1v) is 4.08. The molecule has 76 valence electrons. The van der Waals surface area contributed by atoms with Gasteiger partial charge in [-0.1, -0.05) is 24.3 Å². The minimum atomic E-state index is -0.981. The van der Waals surface area contributed by atoms with Gasteiger partial charge in [-0.3, -0.25) is 0 Å². The third-order valence-corrected chi connectivity index (χ3v) is 1.34. The predicted molar refractivity (Wildman–Crippen MR) is 52.1 cm³/mol. The Balaban J connectivity index is 0.000000245. The third kappa shape index (κ3) is 7.64. The summed E-state index contributed by atoms with van der Waals surface area (Å²) >= 11 is 0. The summed E-state index contributed by atoms with van der Waals surface area (Å²) in [5, 5.41) is 20.4. The van der Waals surface area contributed by atoms with Gasteiger partial charge in [0.05, 0.1) is 12.5 Å². The van der Waals surface area contributed by atoms with Crippen molar-refractivity contribution in [1.29, 1.82) is 0 Å². The van der Waals surface area contributed by atoms with Crippen molar-refractivity contribution in [2.45, 2.75) is 12.6 Å². The molecule has 5 heteroatoms. The van der Waals surface area contributed by atoms with Crippen LogP contribution in [0, 0.1) is 0 Å². The Morgan fingerprint density at radius 2 is 1.13 bits per heavy atom. The summed E-state index contributed by atoms with van der Waals surface area (Å²) < 4.78 is 8.91. The van der Waals surface area contributed by atoms with Gasteiger partial charge in [-0.2, -0.15) is 0 Å². The van der Waals surface area contributed by atoms with Gasteiger partial charge >= 0.3 is 37.7 Å². The molecule has 0 aromatic carbocycles. The molecule has 2 atom stereocenters. The van der Waals surface area contributed by atoms with Gasteiger partial charge in [0.15, 0.2) is 0 Å². The van der Waals surface area contributed by atoms with Gasteiger partial charge in [0.25, 0.3) is 0 Å². The molecule has 15 heavy (non-hydrogen) atoms. The van der Waals surface area contributed by atoms with Crippen LogP contribution in [0.1, 0.15) is 0 Å². The number of hydrogen-bond acceptors (Lipinski definition) is 4. The zero-order valence-corrected chi connectivity index (χ0v) is 10.3. The van der Waals surface area contributed by atoms with E-state index in [0.717, 1.165) is 0 Å². The number of hydrogen-bond donors (Lipinski definition) is 0. The van der Waals surface area contributed by atoms with Gasteiger partial charge in [0, 0.05) is 12.6 Å². The summed E-state index contributed by atoms with van der Waals surface area (Å²) in [5.74, 6) is 0. The Labute approximate surface area is 118 Å². The first-order valence-electron chi connectivity index (χ1n) is 4.08. The van der Waals surface area contributed by atoms with E-state index in [-0.39, 0.29) is 37.7 Å². The summed E-state index contributed by atoms with van der Waals surface area (Å²) in [6, 6.07) is 0. The molecule has 2 aliphatic rings. The second kappa shape index (κ2) is 9.00. The van der Waals surface area contributed by atoms with Crippen LogP contribution in [0.25, 0.3) is 0 Å². The molecule has 0 N–H and O–H groups in total. The van der Waals surface area contributed by atoms with Crippen molar-refractivity contribution in [3.8, 4) is 0 Å². The fourth-order valence-electron chi connectivity index (χ4n) is 0.737. The molecule has 0 aliphatic carbocycles. The first-order chi connectivity index (χ1) is 6.79. The standard InChI is InChI=1S/2C5H5O2.Ca/c2*6-5-3-1-2-4-7-5;/h2*1-5H;/q2*-1;+2. The quantitative estimate of drug-likeness (QED) is 0.513. The van der Waals surface area contributed by atoms with Gasteiger partial charge in [-0.25, -0.2) is 0 Å². The summed E-state index contributed by atoms with van der Waals surface area (Å²) in [4.78, 5) is 0. The molecule has 0 aromatic rings. The van der Waals surface area contributed by atoms with Crippen LogP contribution in [0.15, 0.2) is 49.0 Å². The van der Waals surface area contributed by atoms with Crippen LogP contribution in [-0.2, 0) is 9.47 Å². The zero-order chi connectivity index (χ0) is 10.2. The summed E-state index contributed by atoms with van der Waals surface area (Å²) in [6.07, 6.45) is 10.4. The average Bonchev–Trinajstić information content (AvgIpc) is 2.21. The van der Waals surface area contributed by atoms with E-state index in [1.807, 2.05) is 0 Å². The topological polar surface area (TPSA) is 64.6 Å². The molecule has 2 rings (SSSR count). The van der Waals surface area contributed by atoms with Crippen LogP contribution in [0.3, 0.4) is 0 Å². The second-order valence-electron chi connectivity index (χ2n) is 2.44. The van der Waals surface area contributed by atoms with Crippen molar-refractivity contribution in [2.75, 3.05) is 0 Å². The SMILES string of the molecule is [Ca+2].[O-]C1C=CC=CO1.[O-]C1C=CC=CO1. The summed E-state index contributed by atoms with van der Waals surface area (Å²) in [6.45, 7) is 0. The third-order valence-electron chi connectivity index (χ3n) is 1.34. The Hall–Kier alpha value is -0.260. The van der Waals surface area contributed by atoms with Gasteiger partial charge in [0.1, 0.15) is 0 Å². The summed E-state index contributed by atoms with van der Waals surface area (Å²) in [5.41, 5.74) is 0. The van der Waals surface area contributed by atoms with Crippen LogP contribution in [0.4, 0.5) is 0 Å². The molecule has 0 amide bonds. The maximum absolute atomic E-state index is 10.2. The average molecular weight is 234 g/mol. The first kappa shape index (κ1) is 14.7. The fraction of sp³-hybridized carbons (Fsp3) is 0.200. The van der Waals surface area contributed by atoms with Crippen LogP contribution in [0.5, 0.6) is 0 Å². The molecule has 0 bridgehead atoms.